The van der Waals surface area contributed by atoms with Crippen molar-refractivity contribution in [3.05, 3.63) is 48.0 Å². The predicted molar refractivity (Wildman–Crippen MR) is 85.9 cm³/mol. The molecule has 5 heteroatoms. The molecule has 3 rings (SSSR count). The Hall–Kier alpha value is -2.53. The van der Waals surface area contributed by atoms with E-state index in [9.17, 15) is 4.79 Å². The highest BCUT2D eigenvalue weighted by atomic mass is 16.5. The van der Waals surface area contributed by atoms with Crippen LogP contribution in [0.1, 0.15) is 16.8 Å². The van der Waals surface area contributed by atoms with Crippen LogP contribution in [0.4, 0.5) is 0 Å². The monoisotopic (exact) mass is 295 g/mol. The summed E-state index contributed by atoms with van der Waals surface area (Å²) in [6, 6.07) is 13.1. The molecule has 0 radical (unpaired) electrons. The van der Waals surface area contributed by atoms with Gasteiger partial charge in [0.25, 0.3) is 5.91 Å². The number of carbonyl (C=O) groups is 1. The molecule has 0 fully saturated rings. The van der Waals surface area contributed by atoms with Crippen molar-refractivity contribution >= 4 is 28.0 Å². The van der Waals surface area contributed by atoms with Crippen LogP contribution in [0.25, 0.3) is 22.1 Å². The van der Waals surface area contributed by atoms with E-state index >= 15 is 0 Å². The van der Waals surface area contributed by atoms with Gasteiger partial charge in [0.15, 0.2) is 0 Å². The Morgan fingerprint density at radius 3 is 2.55 bits per heavy atom. The largest absolute Gasteiger partial charge is 0.385 e. The molecule has 0 saturated heterocycles. The van der Waals surface area contributed by atoms with E-state index in [-0.39, 0.29) is 5.91 Å². The van der Waals surface area contributed by atoms with Crippen molar-refractivity contribution in [3.8, 4) is 0 Å². The van der Waals surface area contributed by atoms with Crippen molar-refractivity contribution in [2.75, 3.05) is 20.3 Å². The first-order valence-electron chi connectivity index (χ1n) is 7.22. The maximum atomic E-state index is 12.3. The number of hydrogen-bond acceptors (Lipinski definition) is 4. The minimum absolute atomic E-state index is 0.133. The molecule has 1 amide bonds. The molecule has 112 valence electrons. The van der Waals surface area contributed by atoms with Gasteiger partial charge in [-0.15, -0.1) is 0 Å². The molecule has 1 heterocycles. The van der Waals surface area contributed by atoms with Crippen molar-refractivity contribution in [2.24, 2.45) is 0 Å². The zero-order valence-electron chi connectivity index (χ0n) is 12.4. The third-order valence-corrected chi connectivity index (χ3v) is 3.43. The molecule has 1 N–H and O–H groups in total. The minimum atomic E-state index is -0.133. The summed E-state index contributed by atoms with van der Waals surface area (Å²) >= 11 is 0. The number of aromatic nitrogens is 2. The average molecular weight is 295 g/mol. The average Bonchev–Trinajstić information content (AvgIpc) is 2.56. The Morgan fingerprint density at radius 1 is 1.05 bits per heavy atom. The van der Waals surface area contributed by atoms with Gasteiger partial charge < -0.3 is 10.1 Å². The van der Waals surface area contributed by atoms with E-state index in [4.69, 9.17) is 4.74 Å². The normalized spacial score (nSPS) is 11.0. The fourth-order valence-electron chi connectivity index (χ4n) is 2.34. The van der Waals surface area contributed by atoms with Crippen LogP contribution < -0.4 is 5.32 Å². The lowest BCUT2D eigenvalue weighted by Gasteiger charge is -2.08. The number of hydrogen-bond donors (Lipinski definition) is 1. The van der Waals surface area contributed by atoms with Gasteiger partial charge in [-0.3, -0.25) is 4.79 Å². The lowest BCUT2D eigenvalue weighted by molar-refractivity contribution is 0.0950. The third-order valence-electron chi connectivity index (χ3n) is 3.43. The number of carbonyl (C=O) groups excluding carboxylic acids is 1. The fourth-order valence-corrected chi connectivity index (χ4v) is 2.34. The van der Waals surface area contributed by atoms with Gasteiger partial charge in [0.2, 0.25) is 0 Å². The molecule has 0 aliphatic rings. The molecule has 5 nitrogen and oxygen atoms in total. The number of methoxy groups -OCH3 is 1. The second-order valence-corrected chi connectivity index (χ2v) is 4.99. The van der Waals surface area contributed by atoms with Crippen LogP contribution in [0, 0.1) is 0 Å². The Morgan fingerprint density at radius 2 is 1.77 bits per heavy atom. The molecule has 3 aromatic rings. The van der Waals surface area contributed by atoms with Crippen LogP contribution in [0.2, 0.25) is 0 Å². The number of ether oxygens (including phenoxy) is 1. The molecule has 0 spiro atoms. The number of benzene rings is 2. The highest BCUT2D eigenvalue weighted by molar-refractivity contribution is 6.05. The maximum absolute atomic E-state index is 12.3. The Balaban J connectivity index is 1.95. The topological polar surface area (TPSA) is 64.1 Å². The van der Waals surface area contributed by atoms with Gasteiger partial charge in [-0.1, -0.05) is 18.2 Å². The van der Waals surface area contributed by atoms with Crippen molar-refractivity contribution in [1.29, 1.82) is 0 Å². The summed E-state index contributed by atoms with van der Waals surface area (Å²) in [6.45, 7) is 1.20. The summed E-state index contributed by atoms with van der Waals surface area (Å²) < 4.78 is 4.97. The van der Waals surface area contributed by atoms with E-state index in [0.29, 0.717) is 24.2 Å². The molecule has 22 heavy (non-hydrogen) atoms. The van der Waals surface area contributed by atoms with Crippen molar-refractivity contribution in [3.63, 3.8) is 0 Å². The van der Waals surface area contributed by atoms with Gasteiger partial charge in [0, 0.05) is 20.3 Å². The highest BCUT2D eigenvalue weighted by Gasteiger charge is 2.12. The van der Waals surface area contributed by atoms with E-state index in [0.717, 1.165) is 23.0 Å². The lowest BCUT2D eigenvalue weighted by Crippen LogP contribution is -2.25. The van der Waals surface area contributed by atoms with Gasteiger partial charge >= 0.3 is 0 Å². The summed E-state index contributed by atoms with van der Waals surface area (Å²) in [5.41, 5.74) is 3.52. The quantitative estimate of drug-likeness (QED) is 0.580. The van der Waals surface area contributed by atoms with Crippen LogP contribution in [-0.2, 0) is 4.74 Å². The van der Waals surface area contributed by atoms with Crippen molar-refractivity contribution < 1.29 is 9.53 Å². The number of nitrogens with one attached hydrogen (secondary N) is 1. The van der Waals surface area contributed by atoms with Gasteiger partial charge in [-0.05, 0) is 30.7 Å². The summed E-state index contributed by atoms with van der Waals surface area (Å²) in [4.78, 5) is 21.5. The molecule has 0 bridgehead atoms. The van der Waals surface area contributed by atoms with Crippen LogP contribution in [-0.4, -0.2) is 36.1 Å². The van der Waals surface area contributed by atoms with E-state index in [1.807, 2.05) is 36.4 Å². The molecule has 0 unspecified atom stereocenters. The second-order valence-electron chi connectivity index (χ2n) is 4.99. The van der Waals surface area contributed by atoms with Gasteiger partial charge in [-0.2, -0.15) is 0 Å². The van der Waals surface area contributed by atoms with Crippen LogP contribution in [0.15, 0.2) is 42.5 Å². The van der Waals surface area contributed by atoms with Gasteiger partial charge in [0.1, 0.15) is 5.52 Å². The zero-order chi connectivity index (χ0) is 15.4. The molecule has 0 atom stereocenters. The van der Waals surface area contributed by atoms with E-state index in [1.165, 1.54) is 0 Å². The summed E-state index contributed by atoms with van der Waals surface area (Å²) in [7, 11) is 1.65. The molecule has 1 aromatic heterocycles. The first-order valence-corrected chi connectivity index (χ1v) is 7.22. The number of rotatable bonds is 5. The highest BCUT2D eigenvalue weighted by Crippen LogP contribution is 2.19. The molecule has 0 aliphatic carbocycles. The van der Waals surface area contributed by atoms with Crippen molar-refractivity contribution in [2.45, 2.75) is 6.42 Å². The molecular formula is C17H17N3O2. The Labute approximate surface area is 128 Å². The zero-order valence-corrected chi connectivity index (χ0v) is 12.4. The fraction of sp³-hybridized carbons (Fsp3) is 0.235. The molecule has 2 aromatic carbocycles. The van der Waals surface area contributed by atoms with E-state index < -0.39 is 0 Å². The standard InChI is InChI=1S/C17H17N3O2/c1-22-11-5-10-18-17(21)12-6-4-9-15-16(12)20-14-8-3-2-7-13(14)19-15/h2-4,6-9H,5,10-11H2,1H3,(H,18,21). The van der Waals surface area contributed by atoms with Gasteiger partial charge in [-0.25, -0.2) is 9.97 Å². The molecular weight excluding hydrogens is 278 g/mol. The Kier molecular flexibility index (Phi) is 4.25. The summed E-state index contributed by atoms with van der Waals surface area (Å²) in [5.74, 6) is -0.133. The summed E-state index contributed by atoms with van der Waals surface area (Å²) in [5, 5.41) is 2.89. The number of amides is 1. The summed E-state index contributed by atoms with van der Waals surface area (Å²) in [6.07, 6.45) is 0.779. The molecule has 0 saturated carbocycles. The van der Waals surface area contributed by atoms with Crippen LogP contribution in [0.5, 0.6) is 0 Å². The van der Waals surface area contributed by atoms with Gasteiger partial charge in [0.05, 0.1) is 22.1 Å². The SMILES string of the molecule is COCCCNC(=O)c1cccc2nc3ccccc3nc12. The van der Waals surface area contributed by atoms with E-state index in [2.05, 4.69) is 15.3 Å². The third kappa shape index (κ3) is 2.89. The molecule has 0 aliphatic heterocycles. The smallest absolute Gasteiger partial charge is 0.253 e. The first-order chi connectivity index (χ1) is 10.8. The minimum Gasteiger partial charge on any atom is -0.385 e. The lowest BCUT2D eigenvalue weighted by atomic mass is 10.1. The predicted octanol–water partition coefficient (Wildman–Crippen LogP) is 2.55. The van der Waals surface area contributed by atoms with Crippen molar-refractivity contribution in [1.82, 2.24) is 15.3 Å². The van der Waals surface area contributed by atoms with Crippen LogP contribution in [0.3, 0.4) is 0 Å². The first kappa shape index (κ1) is 14.4. The second kappa shape index (κ2) is 6.49. The van der Waals surface area contributed by atoms with Crippen LogP contribution >= 0.6 is 0 Å². The number of para-hydroxylation sites is 3. The van der Waals surface area contributed by atoms with E-state index in [1.54, 1.807) is 13.2 Å². The number of fused-ring (bicyclic) bond motifs is 2. The Bertz CT molecular complexity index is 817. The number of nitrogens with zero attached hydrogens (tertiary/aromatic N) is 2. The maximum Gasteiger partial charge on any atom is 0.253 e.